The van der Waals surface area contributed by atoms with Crippen LogP contribution in [0.1, 0.15) is 39.5 Å². The molecule has 0 aromatic rings. The lowest BCUT2D eigenvalue weighted by atomic mass is 9.86. The predicted octanol–water partition coefficient (Wildman–Crippen LogP) is 1.46. The maximum Gasteiger partial charge on any atom is 0.245 e. The molecule has 4 nitrogen and oxygen atoms in total. The van der Waals surface area contributed by atoms with E-state index in [1.54, 1.807) is 4.90 Å². The highest BCUT2D eigenvalue weighted by Gasteiger charge is 2.29. The molecule has 0 heterocycles. The summed E-state index contributed by atoms with van der Waals surface area (Å²) in [4.78, 5) is 25.1. The Bertz CT molecular complexity index is 309. The molecule has 3 atom stereocenters. The van der Waals surface area contributed by atoms with E-state index in [-0.39, 0.29) is 11.8 Å². The second-order valence-corrected chi connectivity index (χ2v) is 5.68. The van der Waals surface area contributed by atoms with Crippen LogP contribution in [0.2, 0.25) is 0 Å². The summed E-state index contributed by atoms with van der Waals surface area (Å²) >= 11 is 4.14. The average Bonchev–Trinajstić information content (AvgIpc) is 2.34. The number of rotatable bonds is 4. The summed E-state index contributed by atoms with van der Waals surface area (Å²) in [6.45, 7) is 3.65. The quantitative estimate of drug-likeness (QED) is 0.761. The van der Waals surface area contributed by atoms with Gasteiger partial charge in [-0.1, -0.05) is 19.8 Å². The van der Waals surface area contributed by atoms with Gasteiger partial charge in [0.1, 0.15) is 6.04 Å². The highest BCUT2D eigenvalue weighted by Crippen LogP contribution is 2.26. The maximum atomic E-state index is 12.3. The van der Waals surface area contributed by atoms with E-state index >= 15 is 0 Å². The minimum absolute atomic E-state index is 0.0284. The van der Waals surface area contributed by atoms with Gasteiger partial charge >= 0.3 is 0 Å². The van der Waals surface area contributed by atoms with E-state index in [0.29, 0.717) is 17.7 Å². The zero-order valence-corrected chi connectivity index (χ0v) is 12.4. The van der Waals surface area contributed by atoms with E-state index in [1.807, 2.05) is 7.05 Å². The molecule has 0 aromatic heterocycles. The number of thiol groups is 1. The van der Waals surface area contributed by atoms with E-state index in [4.69, 9.17) is 0 Å². The van der Waals surface area contributed by atoms with Crippen LogP contribution in [0, 0.1) is 5.92 Å². The van der Waals surface area contributed by atoms with Crippen molar-refractivity contribution in [1.82, 2.24) is 10.2 Å². The van der Waals surface area contributed by atoms with Crippen molar-refractivity contribution in [3.8, 4) is 0 Å². The molecular weight excluding hydrogens is 248 g/mol. The third-order valence-corrected chi connectivity index (χ3v) is 4.03. The van der Waals surface area contributed by atoms with Crippen LogP contribution in [0.3, 0.4) is 0 Å². The van der Waals surface area contributed by atoms with Crippen LogP contribution in [0.15, 0.2) is 0 Å². The molecule has 0 radical (unpaired) electrons. The first kappa shape index (κ1) is 15.3. The van der Waals surface area contributed by atoms with Crippen molar-refractivity contribution >= 4 is 24.4 Å². The van der Waals surface area contributed by atoms with Crippen molar-refractivity contribution in [2.75, 3.05) is 12.8 Å². The van der Waals surface area contributed by atoms with E-state index in [2.05, 4.69) is 24.9 Å². The molecule has 3 unspecified atom stereocenters. The van der Waals surface area contributed by atoms with Gasteiger partial charge in [-0.25, -0.2) is 0 Å². The molecule has 2 amide bonds. The predicted molar refractivity (Wildman–Crippen MR) is 75.6 cm³/mol. The molecule has 0 saturated heterocycles. The summed E-state index contributed by atoms with van der Waals surface area (Å²) in [6, 6.07) is -0.203. The number of nitrogens with zero attached hydrogens (tertiary/aromatic N) is 1. The molecule has 1 rings (SSSR count). The lowest BCUT2D eigenvalue weighted by Crippen LogP contribution is -2.51. The Kier molecular flexibility index (Phi) is 5.99. The van der Waals surface area contributed by atoms with Gasteiger partial charge in [0, 0.05) is 25.8 Å². The minimum atomic E-state index is -0.506. The molecule has 0 spiro atoms. The SMILES string of the molecule is CC(=O)NC(CS)C(=O)N(C)C1CCCC(C)C1. The number of likely N-dealkylation sites (N-methyl/N-ethyl adjacent to an activating group) is 1. The maximum absolute atomic E-state index is 12.3. The number of nitrogens with one attached hydrogen (secondary N) is 1. The van der Waals surface area contributed by atoms with Gasteiger partial charge < -0.3 is 10.2 Å². The molecule has 0 bridgehead atoms. The van der Waals surface area contributed by atoms with Gasteiger partial charge in [0.2, 0.25) is 11.8 Å². The Balaban J connectivity index is 2.60. The first-order valence-electron chi connectivity index (χ1n) is 6.60. The Morgan fingerprint density at radius 3 is 2.61 bits per heavy atom. The largest absolute Gasteiger partial charge is 0.344 e. The molecule has 1 saturated carbocycles. The standard InChI is InChI=1S/C13H24N2O2S/c1-9-5-4-6-11(7-9)15(3)13(17)12(8-18)14-10(2)16/h9,11-12,18H,4-8H2,1-3H3,(H,14,16). The Hall–Kier alpha value is -0.710. The molecule has 1 fully saturated rings. The van der Waals surface area contributed by atoms with Gasteiger partial charge in [-0.15, -0.1) is 0 Å². The van der Waals surface area contributed by atoms with Crippen LogP contribution in [0.25, 0.3) is 0 Å². The van der Waals surface area contributed by atoms with Gasteiger partial charge in [0.05, 0.1) is 0 Å². The van der Waals surface area contributed by atoms with Crippen molar-refractivity contribution < 1.29 is 9.59 Å². The Morgan fingerprint density at radius 2 is 2.11 bits per heavy atom. The lowest BCUT2D eigenvalue weighted by molar-refractivity contribution is -0.136. The molecule has 1 N–H and O–H groups in total. The van der Waals surface area contributed by atoms with Gasteiger partial charge in [-0.2, -0.15) is 12.6 Å². The van der Waals surface area contributed by atoms with E-state index < -0.39 is 6.04 Å². The monoisotopic (exact) mass is 272 g/mol. The Labute approximate surface area is 115 Å². The number of carbonyl (C=O) groups excluding carboxylic acids is 2. The normalized spacial score (nSPS) is 25.3. The van der Waals surface area contributed by atoms with E-state index in [9.17, 15) is 9.59 Å². The lowest BCUT2D eigenvalue weighted by Gasteiger charge is -2.35. The summed E-state index contributed by atoms with van der Waals surface area (Å²) in [5, 5.41) is 2.65. The number of hydrogen-bond donors (Lipinski definition) is 2. The molecule has 1 aliphatic carbocycles. The molecular formula is C13H24N2O2S. The third-order valence-electron chi connectivity index (χ3n) is 3.66. The fourth-order valence-electron chi connectivity index (χ4n) is 2.61. The number of carbonyl (C=O) groups is 2. The molecule has 5 heteroatoms. The summed E-state index contributed by atoms with van der Waals surface area (Å²) in [5.41, 5.74) is 0. The summed E-state index contributed by atoms with van der Waals surface area (Å²) < 4.78 is 0. The van der Waals surface area contributed by atoms with Crippen LogP contribution in [0.4, 0.5) is 0 Å². The molecule has 104 valence electrons. The van der Waals surface area contributed by atoms with Gasteiger partial charge in [0.15, 0.2) is 0 Å². The zero-order valence-electron chi connectivity index (χ0n) is 11.5. The fraction of sp³-hybridized carbons (Fsp3) is 0.846. The topological polar surface area (TPSA) is 49.4 Å². The summed E-state index contributed by atoms with van der Waals surface area (Å²) in [6.07, 6.45) is 4.54. The molecule has 18 heavy (non-hydrogen) atoms. The third kappa shape index (κ3) is 4.19. The van der Waals surface area contributed by atoms with Crippen molar-refractivity contribution in [3.05, 3.63) is 0 Å². The van der Waals surface area contributed by atoms with Crippen molar-refractivity contribution in [2.24, 2.45) is 5.92 Å². The van der Waals surface area contributed by atoms with Crippen LogP contribution in [0.5, 0.6) is 0 Å². The van der Waals surface area contributed by atoms with Crippen LogP contribution in [-0.4, -0.2) is 41.6 Å². The molecule has 0 aromatic carbocycles. The second kappa shape index (κ2) is 7.02. The average molecular weight is 272 g/mol. The number of amides is 2. The van der Waals surface area contributed by atoms with Gasteiger partial charge in [-0.05, 0) is 18.8 Å². The van der Waals surface area contributed by atoms with Crippen LogP contribution < -0.4 is 5.32 Å². The summed E-state index contributed by atoms with van der Waals surface area (Å²) in [7, 11) is 1.84. The first-order valence-corrected chi connectivity index (χ1v) is 7.23. The Morgan fingerprint density at radius 1 is 1.44 bits per heavy atom. The first-order chi connectivity index (χ1) is 8.45. The fourth-order valence-corrected chi connectivity index (χ4v) is 2.86. The second-order valence-electron chi connectivity index (χ2n) is 5.31. The number of hydrogen-bond acceptors (Lipinski definition) is 3. The van der Waals surface area contributed by atoms with Crippen molar-refractivity contribution in [3.63, 3.8) is 0 Å². The van der Waals surface area contributed by atoms with Gasteiger partial charge in [0.25, 0.3) is 0 Å². The van der Waals surface area contributed by atoms with Crippen molar-refractivity contribution in [2.45, 2.75) is 51.6 Å². The van der Waals surface area contributed by atoms with E-state index in [0.717, 1.165) is 12.8 Å². The zero-order chi connectivity index (χ0) is 13.7. The van der Waals surface area contributed by atoms with E-state index in [1.165, 1.54) is 19.8 Å². The summed E-state index contributed by atoms with van der Waals surface area (Å²) in [5.74, 6) is 0.798. The highest BCUT2D eigenvalue weighted by molar-refractivity contribution is 7.80. The highest BCUT2D eigenvalue weighted by atomic mass is 32.1. The van der Waals surface area contributed by atoms with Crippen LogP contribution in [-0.2, 0) is 9.59 Å². The van der Waals surface area contributed by atoms with Crippen molar-refractivity contribution in [1.29, 1.82) is 0 Å². The van der Waals surface area contributed by atoms with Gasteiger partial charge in [-0.3, -0.25) is 9.59 Å². The molecule has 1 aliphatic rings. The smallest absolute Gasteiger partial charge is 0.245 e. The minimum Gasteiger partial charge on any atom is -0.344 e. The molecule has 0 aliphatic heterocycles. The van der Waals surface area contributed by atoms with Crippen LogP contribution >= 0.6 is 12.6 Å².